The molecule has 1 aromatic carbocycles. The van der Waals surface area contributed by atoms with Gasteiger partial charge in [-0.25, -0.2) is 0 Å². The fraction of sp³-hybridized carbons (Fsp3) is 0.357. The van der Waals surface area contributed by atoms with Gasteiger partial charge in [0.25, 0.3) is 0 Å². The van der Waals surface area contributed by atoms with E-state index in [9.17, 15) is 0 Å². The van der Waals surface area contributed by atoms with Crippen LogP contribution in [0.15, 0.2) is 28.7 Å². The number of nitrogen functional groups attached to an aromatic ring is 1. The average molecular weight is 323 g/mol. The summed E-state index contributed by atoms with van der Waals surface area (Å²) in [4.78, 5) is 2.25. The van der Waals surface area contributed by atoms with Crippen molar-refractivity contribution in [2.45, 2.75) is 20.4 Å². The number of nitrogens with zero attached hydrogens (tertiary/aromatic N) is 3. The topological polar surface area (TPSA) is 47.1 Å². The zero-order valence-electron chi connectivity index (χ0n) is 11.5. The van der Waals surface area contributed by atoms with Crippen LogP contribution in [-0.4, -0.2) is 16.3 Å². The molecule has 1 aromatic heterocycles. The van der Waals surface area contributed by atoms with Crippen molar-refractivity contribution in [2.75, 3.05) is 17.2 Å². The van der Waals surface area contributed by atoms with Gasteiger partial charge in [0.15, 0.2) is 0 Å². The molecule has 0 radical (unpaired) electrons. The van der Waals surface area contributed by atoms with E-state index < -0.39 is 0 Å². The van der Waals surface area contributed by atoms with E-state index in [0.29, 0.717) is 0 Å². The monoisotopic (exact) mass is 322 g/mol. The molecule has 0 saturated heterocycles. The normalized spacial score (nSPS) is 10.7. The molecule has 2 rings (SSSR count). The highest BCUT2D eigenvalue weighted by atomic mass is 79.9. The van der Waals surface area contributed by atoms with Crippen molar-refractivity contribution >= 4 is 27.3 Å². The molecule has 0 fully saturated rings. The number of nitrogens with two attached hydrogens (primary N) is 1. The van der Waals surface area contributed by atoms with Crippen molar-refractivity contribution in [2.24, 2.45) is 7.05 Å². The number of benzene rings is 1. The first-order valence-corrected chi connectivity index (χ1v) is 7.11. The van der Waals surface area contributed by atoms with Crippen molar-refractivity contribution in [1.29, 1.82) is 0 Å². The second kappa shape index (κ2) is 5.65. The lowest BCUT2D eigenvalue weighted by molar-refractivity contribution is 0.681. The Hall–Kier alpha value is -1.49. The van der Waals surface area contributed by atoms with Gasteiger partial charge in [0.1, 0.15) is 0 Å². The molecule has 1 heterocycles. The van der Waals surface area contributed by atoms with Crippen LogP contribution in [0.5, 0.6) is 0 Å². The lowest BCUT2D eigenvalue weighted by Crippen LogP contribution is -2.24. The molecule has 19 heavy (non-hydrogen) atoms. The standard InChI is InChI=1S/C14H19BrN4/c1-4-19(12-8-6-5-7-11(12)16)9-13-14(15)10(2)17-18(13)3/h5-8H,4,9,16H2,1-3H3. The first-order chi connectivity index (χ1) is 9.04. The van der Waals surface area contributed by atoms with Gasteiger partial charge >= 0.3 is 0 Å². The van der Waals surface area contributed by atoms with Gasteiger partial charge in [0, 0.05) is 13.6 Å². The third kappa shape index (κ3) is 2.76. The molecule has 0 aliphatic heterocycles. The lowest BCUT2D eigenvalue weighted by atomic mass is 10.2. The maximum Gasteiger partial charge on any atom is 0.0739 e. The summed E-state index contributed by atoms with van der Waals surface area (Å²) < 4.78 is 2.99. The minimum atomic E-state index is 0.780. The Morgan fingerprint density at radius 1 is 1.37 bits per heavy atom. The van der Waals surface area contributed by atoms with Crippen LogP contribution >= 0.6 is 15.9 Å². The maximum absolute atomic E-state index is 6.06. The van der Waals surface area contributed by atoms with Gasteiger partial charge < -0.3 is 10.6 Å². The van der Waals surface area contributed by atoms with Crippen LogP contribution < -0.4 is 10.6 Å². The molecule has 2 N–H and O–H groups in total. The quantitative estimate of drug-likeness (QED) is 0.880. The SMILES string of the molecule is CCN(Cc1c(Br)c(C)nn1C)c1ccccc1N. The smallest absolute Gasteiger partial charge is 0.0739 e. The number of halogens is 1. The van der Waals surface area contributed by atoms with E-state index in [-0.39, 0.29) is 0 Å². The highest BCUT2D eigenvalue weighted by molar-refractivity contribution is 9.10. The van der Waals surface area contributed by atoms with Crippen molar-refractivity contribution in [3.8, 4) is 0 Å². The molecule has 0 aliphatic carbocycles. The summed E-state index contributed by atoms with van der Waals surface area (Å²) in [6, 6.07) is 7.95. The summed E-state index contributed by atoms with van der Waals surface area (Å²) in [5.41, 5.74) is 10.1. The minimum absolute atomic E-state index is 0.780. The number of anilines is 2. The Morgan fingerprint density at radius 3 is 2.58 bits per heavy atom. The maximum atomic E-state index is 6.06. The van der Waals surface area contributed by atoms with Gasteiger partial charge in [0.05, 0.1) is 33.8 Å². The van der Waals surface area contributed by atoms with Gasteiger partial charge in [-0.05, 0) is 41.9 Å². The number of hydrogen-bond acceptors (Lipinski definition) is 3. The first-order valence-electron chi connectivity index (χ1n) is 6.32. The second-order valence-electron chi connectivity index (χ2n) is 4.54. The van der Waals surface area contributed by atoms with Crippen LogP contribution in [0.25, 0.3) is 0 Å². The highest BCUT2D eigenvalue weighted by Gasteiger charge is 2.15. The molecule has 0 unspecified atom stereocenters. The summed E-state index contributed by atoms with van der Waals surface area (Å²) in [6.45, 7) is 5.80. The Balaban J connectivity index is 2.32. The first kappa shape index (κ1) is 13.9. The minimum Gasteiger partial charge on any atom is -0.397 e. The number of aromatic nitrogens is 2. The van der Waals surface area contributed by atoms with Crippen LogP contribution in [0.1, 0.15) is 18.3 Å². The Kier molecular flexibility index (Phi) is 4.14. The number of aryl methyl sites for hydroxylation is 2. The zero-order valence-corrected chi connectivity index (χ0v) is 13.1. The number of rotatable bonds is 4. The molecule has 5 heteroatoms. The van der Waals surface area contributed by atoms with Crippen LogP contribution in [0.2, 0.25) is 0 Å². The molecule has 0 amide bonds. The zero-order chi connectivity index (χ0) is 14.0. The summed E-state index contributed by atoms with van der Waals surface area (Å²) in [5.74, 6) is 0. The summed E-state index contributed by atoms with van der Waals surface area (Å²) >= 11 is 3.61. The molecular weight excluding hydrogens is 304 g/mol. The molecule has 0 bridgehead atoms. The van der Waals surface area contributed by atoms with Gasteiger partial charge in [-0.3, -0.25) is 4.68 Å². The molecule has 0 saturated carbocycles. The third-order valence-electron chi connectivity index (χ3n) is 3.26. The van der Waals surface area contributed by atoms with E-state index in [2.05, 4.69) is 38.9 Å². The molecule has 102 valence electrons. The van der Waals surface area contributed by atoms with Crippen molar-refractivity contribution in [3.63, 3.8) is 0 Å². The number of para-hydroxylation sites is 2. The van der Waals surface area contributed by atoms with Crippen LogP contribution in [-0.2, 0) is 13.6 Å². The fourth-order valence-electron chi connectivity index (χ4n) is 2.18. The van der Waals surface area contributed by atoms with E-state index in [1.165, 1.54) is 0 Å². The third-order valence-corrected chi connectivity index (χ3v) is 4.29. The summed E-state index contributed by atoms with van der Waals surface area (Å²) in [5, 5.41) is 4.43. The Bertz CT molecular complexity index is 577. The van der Waals surface area contributed by atoms with Gasteiger partial charge in [-0.15, -0.1) is 0 Å². The molecule has 2 aromatic rings. The van der Waals surface area contributed by atoms with Crippen molar-refractivity contribution < 1.29 is 0 Å². The average Bonchev–Trinajstić information content (AvgIpc) is 2.63. The second-order valence-corrected chi connectivity index (χ2v) is 5.34. The lowest BCUT2D eigenvalue weighted by Gasteiger charge is -2.24. The molecular formula is C14H19BrN4. The Labute approximate surface area is 122 Å². The van der Waals surface area contributed by atoms with E-state index in [0.717, 1.165) is 40.3 Å². The van der Waals surface area contributed by atoms with E-state index in [4.69, 9.17) is 5.73 Å². The van der Waals surface area contributed by atoms with Crippen LogP contribution in [0.4, 0.5) is 11.4 Å². The van der Waals surface area contributed by atoms with Crippen molar-refractivity contribution in [3.05, 3.63) is 40.1 Å². The van der Waals surface area contributed by atoms with Crippen molar-refractivity contribution in [1.82, 2.24) is 9.78 Å². The Morgan fingerprint density at radius 2 is 2.05 bits per heavy atom. The van der Waals surface area contributed by atoms with Gasteiger partial charge in [-0.1, -0.05) is 12.1 Å². The van der Waals surface area contributed by atoms with Gasteiger partial charge in [0.2, 0.25) is 0 Å². The predicted molar refractivity (Wildman–Crippen MR) is 83.2 cm³/mol. The largest absolute Gasteiger partial charge is 0.397 e. The predicted octanol–water partition coefficient (Wildman–Crippen LogP) is 3.10. The highest BCUT2D eigenvalue weighted by Crippen LogP contribution is 2.27. The van der Waals surface area contributed by atoms with E-state index >= 15 is 0 Å². The number of hydrogen-bond donors (Lipinski definition) is 1. The van der Waals surface area contributed by atoms with E-state index in [1.54, 1.807) is 0 Å². The molecule has 0 spiro atoms. The summed E-state index contributed by atoms with van der Waals surface area (Å²) in [7, 11) is 1.97. The fourth-order valence-corrected chi connectivity index (χ4v) is 2.64. The van der Waals surface area contributed by atoms with E-state index in [1.807, 2.05) is 36.9 Å². The molecule has 4 nitrogen and oxygen atoms in total. The van der Waals surface area contributed by atoms with Gasteiger partial charge in [-0.2, -0.15) is 5.10 Å². The van der Waals surface area contributed by atoms with Crippen LogP contribution in [0, 0.1) is 6.92 Å². The molecule has 0 atom stereocenters. The van der Waals surface area contributed by atoms with Crippen LogP contribution in [0.3, 0.4) is 0 Å². The summed E-state index contributed by atoms with van der Waals surface area (Å²) in [6.07, 6.45) is 0. The molecule has 0 aliphatic rings.